The van der Waals surface area contributed by atoms with E-state index < -0.39 is 0 Å². The van der Waals surface area contributed by atoms with E-state index in [2.05, 4.69) is 58.1 Å². The molecule has 0 radical (unpaired) electrons. The molecule has 0 amide bonds. The molecular formula is C11H6Br3FN2. The molecule has 0 bridgehead atoms. The molecule has 0 atom stereocenters. The van der Waals surface area contributed by atoms with E-state index in [1.165, 1.54) is 6.07 Å². The van der Waals surface area contributed by atoms with E-state index in [0.29, 0.717) is 10.3 Å². The maximum atomic E-state index is 13.1. The van der Waals surface area contributed by atoms with Gasteiger partial charge in [0.05, 0.1) is 8.95 Å². The Morgan fingerprint density at radius 2 is 1.82 bits per heavy atom. The average Bonchev–Trinajstić information content (AvgIpc) is 2.27. The van der Waals surface area contributed by atoms with Crippen LogP contribution < -0.4 is 5.32 Å². The molecule has 0 aliphatic heterocycles. The van der Waals surface area contributed by atoms with Gasteiger partial charge in [-0.1, -0.05) is 0 Å². The van der Waals surface area contributed by atoms with Gasteiger partial charge in [0.1, 0.15) is 11.6 Å². The molecular weight excluding hydrogens is 419 g/mol. The van der Waals surface area contributed by atoms with E-state index in [0.717, 1.165) is 14.6 Å². The van der Waals surface area contributed by atoms with Gasteiger partial charge in [0, 0.05) is 16.4 Å². The minimum atomic E-state index is -0.293. The Bertz CT molecular complexity index is 560. The first kappa shape index (κ1) is 13.0. The summed E-state index contributed by atoms with van der Waals surface area (Å²) in [6.45, 7) is 0. The fraction of sp³-hybridized carbons (Fsp3) is 0. The van der Waals surface area contributed by atoms with Crippen molar-refractivity contribution in [2.24, 2.45) is 0 Å². The largest absolute Gasteiger partial charge is 0.339 e. The number of nitrogens with one attached hydrogen (secondary N) is 1. The van der Waals surface area contributed by atoms with Crippen LogP contribution in [0.5, 0.6) is 0 Å². The molecule has 2 rings (SSSR count). The van der Waals surface area contributed by atoms with Gasteiger partial charge in [0.25, 0.3) is 0 Å². The molecule has 0 aliphatic rings. The highest BCUT2D eigenvalue weighted by molar-refractivity contribution is 9.11. The first-order valence-electron chi connectivity index (χ1n) is 4.59. The molecule has 1 heterocycles. The average molecular weight is 425 g/mol. The third-order valence-electron chi connectivity index (χ3n) is 1.99. The fourth-order valence-corrected chi connectivity index (χ4v) is 2.68. The van der Waals surface area contributed by atoms with Crippen molar-refractivity contribution in [3.63, 3.8) is 0 Å². The third-order valence-corrected chi connectivity index (χ3v) is 3.64. The van der Waals surface area contributed by atoms with Crippen molar-refractivity contribution in [3.8, 4) is 0 Å². The first-order valence-corrected chi connectivity index (χ1v) is 6.97. The minimum absolute atomic E-state index is 0.293. The molecule has 0 spiro atoms. The summed E-state index contributed by atoms with van der Waals surface area (Å²) in [5, 5.41) is 3.09. The maximum absolute atomic E-state index is 13.1. The predicted octanol–water partition coefficient (Wildman–Crippen LogP) is 5.25. The van der Waals surface area contributed by atoms with Crippen LogP contribution in [-0.2, 0) is 0 Å². The lowest BCUT2D eigenvalue weighted by molar-refractivity contribution is 0.621. The highest BCUT2D eigenvalue weighted by atomic mass is 79.9. The van der Waals surface area contributed by atoms with Crippen LogP contribution in [0.25, 0.3) is 0 Å². The number of benzene rings is 1. The number of rotatable bonds is 2. The second kappa shape index (κ2) is 5.46. The zero-order chi connectivity index (χ0) is 12.4. The van der Waals surface area contributed by atoms with Crippen LogP contribution >= 0.6 is 47.8 Å². The van der Waals surface area contributed by atoms with Crippen molar-refractivity contribution in [2.45, 2.75) is 0 Å². The summed E-state index contributed by atoms with van der Waals surface area (Å²) >= 11 is 9.86. The Labute approximate surface area is 123 Å². The van der Waals surface area contributed by atoms with Crippen molar-refractivity contribution < 1.29 is 4.39 Å². The molecule has 6 heteroatoms. The second-order valence-corrected chi connectivity index (χ2v) is 5.86. The van der Waals surface area contributed by atoms with Gasteiger partial charge in [-0.25, -0.2) is 9.37 Å². The Morgan fingerprint density at radius 3 is 2.47 bits per heavy atom. The number of aromatic nitrogens is 1. The molecule has 17 heavy (non-hydrogen) atoms. The number of pyridine rings is 1. The molecule has 1 aromatic carbocycles. The van der Waals surface area contributed by atoms with E-state index in [4.69, 9.17) is 0 Å². The molecule has 0 aliphatic carbocycles. The summed E-state index contributed by atoms with van der Waals surface area (Å²) in [4.78, 5) is 4.21. The van der Waals surface area contributed by atoms with Crippen molar-refractivity contribution >= 4 is 59.3 Å². The quantitative estimate of drug-likeness (QED) is 0.712. The Hall–Kier alpha value is -0.460. The van der Waals surface area contributed by atoms with Crippen LogP contribution in [0.15, 0.2) is 43.9 Å². The lowest BCUT2D eigenvalue weighted by Gasteiger charge is -2.08. The molecule has 1 N–H and O–H groups in total. The molecule has 0 saturated heterocycles. The lowest BCUT2D eigenvalue weighted by atomic mass is 10.3. The summed E-state index contributed by atoms with van der Waals surface area (Å²) in [6.07, 6.45) is 1.69. The SMILES string of the molecule is Fc1ccc(Nc2ncc(Br)cc2Br)cc1Br. The van der Waals surface area contributed by atoms with Gasteiger partial charge < -0.3 is 5.32 Å². The molecule has 0 fully saturated rings. The normalized spacial score (nSPS) is 10.4. The van der Waals surface area contributed by atoms with Gasteiger partial charge in [-0.05, 0) is 72.1 Å². The monoisotopic (exact) mass is 422 g/mol. The molecule has 0 saturated carbocycles. The van der Waals surface area contributed by atoms with Crippen molar-refractivity contribution in [1.29, 1.82) is 0 Å². The maximum Gasteiger partial charge on any atom is 0.144 e. The first-order chi connectivity index (χ1) is 8.06. The summed E-state index contributed by atoms with van der Waals surface area (Å²) in [5.41, 5.74) is 0.758. The highest BCUT2D eigenvalue weighted by Crippen LogP contribution is 2.28. The van der Waals surface area contributed by atoms with E-state index in [9.17, 15) is 4.39 Å². The van der Waals surface area contributed by atoms with E-state index >= 15 is 0 Å². The van der Waals surface area contributed by atoms with Crippen molar-refractivity contribution in [1.82, 2.24) is 4.98 Å². The highest BCUT2D eigenvalue weighted by Gasteiger charge is 2.05. The number of hydrogen-bond donors (Lipinski definition) is 1. The molecule has 0 unspecified atom stereocenters. The number of halogens is 4. The van der Waals surface area contributed by atoms with E-state index in [-0.39, 0.29) is 5.82 Å². The molecule has 88 valence electrons. The zero-order valence-corrected chi connectivity index (χ0v) is 13.1. The number of nitrogens with zero attached hydrogens (tertiary/aromatic N) is 1. The van der Waals surface area contributed by atoms with Crippen LogP contribution in [0, 0.1) is 5.82 Å². The Balaban J connectivity index is 2.28. The lowest BCUT2D eigenvalue weighted by Crippen LogP contribution is -1.95. The van der Waals surface area contributed by atoms with Crippen LogP contribution in [0.4, 0.5) is 15.9 Å². The Morgan fingerprint density at radius 1 is 1.06 bits per heavy atom. The van der Waals surface area contributed by atoms with Crippen LogP contribution in [0.3, 0.4) is 0 Å². The van der Waals surface area contributed by atoms with E-state index in [1.54, 1.807) is 18.3 Å². The number of hydrogen-bond acceptors (Lipinski definition) is 2. The van der Waals surface area contributed by atoms with Gasteiger partial charge in [-0.3, -0.25) is 0 Å². The summed E-state index contributed by atoms with van der Waals surface area (Å²) in [7, 11) is 0. The summed E-state index contributed by atoms with van der Waals surface area (Å²) in [5.74, 6) is 0.380. The van der Waals surface area contributed by atoms with Gasteiger partial charge in [0.2, 0.25) is 0 Å². The zero-order valence-electron chi connectivity index (χ0n) is 8.35. The van der Waals surface area contributed by atoms with E-state index in [1.807, 2.05) is 6.07 Å². The van der Waals surface area contributed by atoms with Crippen molar-refractivity contribution in [2.75, 3.05) is 5.32 Å². The van der Waals surface area contributed by atoms with Gasteiger partial charge >= 0.3 is 0 Å². The molecule has 2 nitrogen and oxygen atoms in total. The van der Waals surface area contributed by atoms with Gasteiger partial charge in [-0.2, -0.15) is 0 Å². The standard InChI is InChI=1S/C11H6Br3FN2/c12-6-3-9(14)11(16-5-6)17-7-1-2-10(15)8(13)4-7/h1-5H,(H,16,17). The van der Waals surface area contributed by atoms with Crippen molar-refractivity contribution in [3.05, 3.63) is 49.7 Å². The smallest absolute Gasteiger partial charge is 0.144 e. The molecule has 1 aromatic heterocycles. The topological polar surface area (TPSA) is 24.9 Å². The van der Waals surface area contributed by atoms with Crippen LogP contribution in [0.1, 0.15) is 0 Å². The van der Waals surface area contributed by atoms with Crippen LogP contribution in [0.2, 0.25) is 0 Å². The van der Waals surface area contributed by atoms with Gasteiger partial charge in [0.15, 0.2) is 0 Å². The third kappa shape index (κ3) is 3.26. The fourth-order valence-electron chi connectivity index (χ4n) is 1.22. The second-order valence-electron chi connectivity index (χ2n) is 3.24. The van der Waals surface area contributed by atoms with Crippen LogP contribution in [-0.4, -0.2) is 4.98 Å². The van der Waals surface area contributed by atoms with Gasteiger partial charge in [-0.15, -0.1) is 0 Å². The Kier molecular flexibility index (Phi) is 4.17. The predicted molar refractivity (Wildman–Crippen MR) is 77.0 cm³/mol. The molecule has 2 aromatic rings. The number of anilines is 2. The summed E-state index contributed by atoms with van der Waals surface area (Å²) in [6, 6.07) is 6.58. The minimum Gasteiger partial charge on any atom is -0.339 e. The summed E-state index contributed by atoms with van der Waals surface area (Å²) < 4.78 is 15.2.